The molecule has 0 unspecified atom stereocenters. The van der Waals surface area contributed by atoms with Gasteiger partial charge >= 0.3 is 5.97 Å². The molecule has 0 aromatic heterocycles. The zero-order valence-electron chi connectivity index (χ0n) is 11.7. The summed E-state index contributed by atoms with van der Waals surface area (Å²) in [6.07, 6.45) is 0. The Hall–Kier alpha value is -2.77. The van der Waals surface area contributed by atoms with Crippen molar-refractivity contribution in [1.29, 1.82) is 0 Å². The maximum atomic E-state index is 12.3. The molecule has 0 aliphatic rings. The molecule has 21 heavy (non-hydrogen) atoms. The Morgan fingerprint density at radius 1 is 1.10 bits per heavy atom. The van der Waals surface area contributed by atoms with Crippen LogP contribution in [0.15, 0.2) is 18.2 Å². The number of carbonyl (C=O) groups is 3. The van der Waals surface area contributed by atoms with E-state index in [2.05, 4.69) is 0 Å². The summed E-state index contributed by atoms with van der Waals surface area (Å²) in [5.41, 5.74) is 5.16. The second kappa shape index (κ2) is 7.13. The van der Waals surface area contributed by atoms with Crippen molar-refractivity contribution in [2.75, 3.05) is 27.3 Å². The third-order valence-corrected chi connectivity index (χ3v) is 2.56. The predicted octanol–water partition coefficient (Wildman–Crippen LogP) is -0.284. The van der Waals surface area contributed by atoms with E-state index >= 15 is 0 Å². The Kier molecular flexibility index (Phi) is 5.53. The number of amides is 2. The maximum Gasteiger partial charge on any atom is 0.323 e. The zero-order chi connectivity index (χ0) is 16.0. The second-order valence-electron chi connectivity index (χ2n) is 4.12. The van der Waals surface area contributed by atoms with Gasteiger partial charge in [0.25, 0.3) is 5.91 Å². The molecule has 2 amide bonds. The van der Waals surface area contributed by atoms with Crippen LogP contribution in [0.2, 0.25) is 0 Å². The van der Waals surface area contributed by atoms with E-state index in [9.17, 15) is 14.4 Å². The Balaban J connectivity index is 3.12. The molecule has 0 aliphatic heterocycles. The highest BCUT2D eigenvalue weighted by atomic mass is 16.5. The van der Waals surface area contributed by atoms with Crippen molar-refractivity contribution in [2.45, 2.75) is 0 Å². The van der Waals surface area contributed by atoms with Crippen molar-refractivity contribution in [3.05, 3.63) is 23.8 Å². The van der Waals surface area contributed by atoms with E-state index in [1.165, 1.54) is 26.4 Å². The molecular formula is C13H16N2O6. The molecule has 0 saturated carbocycles. The number of carboxylic acids is 1. The van der Waals surface area contributed by atoms with E-state index in [4.69, 9.17) is 20.3 Å². The maximum absolute atomic E-state index is 12.3. The first-order chi connectivity index (χ1) is 9.87. The molecule has 0 fully saturated rings. The molecule has 0 spiro atoms. The molecule has 8 heteroatoms. The second-order valence-corrected chi connectivity index (χ2v) is 4.12. The van der Waals surface area contributed by atoms with Crippen LogP contribution in [0.25, 0.3) is 0 Å². The van der Waals surface area contributed by atoms with E-state index in [1.807, 2.05) is 0 Å². The highest BCUT2D eigenvalue weighted by Gasteiger charge is 2.21. The molecule has 0 radical (unpaired) electrons. The van der Waals surface area contributed by atoms with Crippen LogP contribution in [-0.4, -0.2) is 55.1 Å². The number of primary amides is 1. The van der Waals surface area contributed by atoms with Crippen molar-refractivity contribution in [2.24, 2.45) is 5.73 Å². The van der Waals surface area contributed by atoms with Crippen LogP contribution in [0.1, 0.15) is 10.4 Å². The number of rotatable bonds is 7. The van der Waals surface area contributed by atoms with Gasteiger partial charge in [0.1, 0.15) is 24.6 Å². The lowest BCUT2D eigenvalue weighted by atomic mass is 10.1. The number of aliphatic carboxylic acids is 1. The lowest BCUT2D eigenvalue weighted by molar-refractivity contribution is -0.138. The average Bonchev–Trinajstić information content (AvgIpc) is 2.44. The molecule has 0 saturated heterocycles. The first-order valence-electron chi connectivity index (χ1n) is 5.89. The summed E-state index contributed by atoms with van der Waals surface area (Å²) in [5.74, 6) is -1.98. The van der Waals surface area contributed by atoms with Gasteiger partial charge in [-0.25, -0.2) is 0 Å². The number of carboxylic acid groups (broad SMARTS) is 1. The van der Waals surface area contributed by atoms with E-state index < -0.39 is 30.9 Å². The van der Waals surface area contributed by atoms with Crippen LogP contribution in [0.4, 0.5) is 0 Å². The van der Waals surface area contributed by atoms with Gasteiger partial charge in [0.05, 0.1) is 14.2 Å². The van der Waals surface area contributed by atoms with Gasteiger partial charge in [0, 0.05) is 11.6 Å². The Morgan fingerprint density at radius 2 is 1.62 bits per heavy atom. The van der Waals surface area contributed by atoms with Crippen LogP contribution < -0.4 is 15.2 Å². The number of hydrogen-bond acceptors (Lipinski definition) is 5. The number of ether oxygens (including phenoxy) is 2. The number of methoxy groups -OCH3 is 2. The average molecular weight is 296 g/mol. The largest absolute Gasteiger partial charge is 0.497 e. The lowest BCUT2D eigenvalue weighted by Gasteiger charge is -2.19. The first-order valence-corrected chi connectivity index (χ1v) is 5.89. The first kappa shape index (κ1) is 16.3. The summed E-state index contributed by atoms with van der Waals surface area (Å²) in [4.78, 5) is 34.9. The van der Waals surface area contributed by atoms with Crippen molar-refractivity contribution < 1.29 is 29.0 Å². The number of nitrogens with two attached hydrogens (primary N) is 1. The van der Waals surface area contributed by atoms with E-state index in [0.29, 0.717) is 11.5 Å². The molecule has 0 heterocycles. The topological polar surface area (TPSA) is 119 Å². The molecule has 0 bridgehead atoms. The minimum Gasteiger partial charge on any atom is -0.497 e. The highest BCUT2D eigenvalue weighted by molar-refractivity contribution is 5.98. The van der Waals surface area contributed by atoms with Crippen LogP contribution >= 0.6 is 0 Å². The van der Waals surface area contributed by atoms with Gasteiger partial charge in [-0.2, -0.15) is 0 Å². The molecule has 1 aromatic rings. The van der Waals surface area contributed by atoms with E-state index in [-0.39, 0.29) is 5.56 Å². The molecular weight excluding hydrogens is 280 g/mol. The van der Waals surface area contributed by atoms with E-state index in [1.54, 1.807) is 6.07 Å². The van der Waals surface area contributed by atoms with Crippen LogP contribution in [0.3, 0.4) is 0 Å². The summed E-state index contributed by atoms with van der Waals surface area (Å²) < 4.78 is 10.1. The van der Waals surface area contributed by atoms with Crippen molar-refractivity contribution in [1.82, 2.24) is 4.90 Å². The molecule has 114 valence electrons. The third kappa shape index (κ3) is 4.68. The summed E-state index contributed by atoms with van der Waals surface area (Å²) in [6.45, 7) is -1.13. The fraction of sp³-hybridized carbons (Fsp3) is 0.308. The van der Waals surface area contributed by atoms with Gasteiger partial charge in [0.15, 0.2) is 0 Å². The molecule has 8 nitrogen and oxygen atoms in total. The van der Waals surface area contributed by atoms with Crippen molar-refractivity contribution in [3.8, 4) is 11.5 Å². The summed E-state index contributed by atoms with van der Waals surface area (Å²) >= 11 is 0. The van der Waals surface area contributed by atoms with Gasteiger partial charge in [-0.1, -0.05) is 0 Å². The standard InChI is InChI=1S/C13H16N2O6/c1-20-9-3-8(4-10(5-9)21-2)13(19)15(6-11(14)16)7-12(17)18/h3-5H,6-7H2,1-2H3,(H2,14,16)(H,17,18). The van der Waals surface area contributed by atoms with E-state index in [0.717, 1.165) is 4.90 Å². The van der Waals surface area contributed by atoms with Crippen molar-refractivity contribution in [3.63, 3.8) is 0 Å². The monoisotopic (exact) mass is 296 g/mol. The number of benzene rings is 1. The van der Waals surface area contributed by atoms with Gasteiger partial charge in [0.2, 0.25) is 5.91 Å². The Labute approximate surface area is 121 Å². The number of nitrogens with zero attached hydrogens (tertiary/aromatic N) is 1. The highest BCUT2D eigenvalue weighted by Crippen LogP contribution is 2.23. The summed E-state index contributed by atoms with van der Waals surface area (Å²) in [5, 5.41) is 8.80. The normalized spacial score (nSPS) is 9.81. The fourth-order valence-corrected chi connectivity index (χ4v) is 1.66. The lowest BCUT2D eigenvalue weighted by Crippen LogP contribution is -2.41. The Morgan fingerprint density at radius 3 is 2.00 bits per heavy atom. The summed E-state index contributed by atoms with van der Waals surface area (Å²) in [7, 11) is 2.84. The SMILES string of the molecule is COc1cc(OC)cc(C(=O)N(CC(N)=O)CC(=O)O)c1. The smallest absolute Gasteiger partial charge is 0.323 e. The quantitative estimate of drug-likeness (QED) is 0.714. The molecule has 1 aromatic carbocycles. The Bertz CT molecular complexity index is 519. The predicted molar refractivity (Wildman–Crippen MR) is 72.3 cm³/mol. The number of carbonyl (C=O) groups excluding carboxylic acids is 2. The third-order valence-electron chi connectivity index (χ3n) is 2.56. The summed E-state index contributed by atoms with van der Waals surface area (Å²) in [6, 6.07) is 4.40. The fourth-order valence-electron chi connectivity index (χ4n) is 1.66. The molecule has 0 aliphatic carbocycles. The number of hydrogen-bond donors (Lipinski definition) is 2. The minimum atomic E-state index is -1.25. The molecule has 3 N–H and O–H groups in total. The van der Waals surface area contributed by atoms with Gasteiger partial charge in [-0.05, 0) is 12.1 Å². The van der Waals surface area contributed by atoms with Crippen LogP contribution in [0.5, 0.6) is 11.5 Å². The van der Waals surface area contributed by atoms with Crippen molar-refractivity contribution >= 4 is 17.8 Å². The van der Waals surface area contributed by atoms with Gasteiger partial charge in [-0.3, -0.25) is 14.4 Å². The van der Waals surface area contributed by atoms with Crippen LogP contribution in [0, 0.1) is 0 Å². The van der Waals surface area contributed by atoms with Gasteiger partial charge in [-0.15, -0.1) is 0 Å². The zero-order valence-corrected chi connectivity index (χ0v) is 11.7. The van der Waals surface area contributed by atoms with Gasteiger partial charge < -0.3 is 25.2 Å². The van der Waals surface area contributed by atoms with Crippen LogP contribution in [-0.2, 0) is 9.59 Å². The molecule has 0 atom stereocenters. The minimum absolute atomic E-state index is 0.133. The molecule has 1 rings (SSSR count).